The lowest BCUT2D eigenvalue weighted by atomic mass is 9.83. The van der Waals surface area contributed by atoms with E-state index in [1.165, 1.54) is 0 Å². The van der Waals surface area contributed by atoms with Gasteiger partial charge in [0.2, 0.25) is 5.91 Å². The Bertz CT molecular complexity index is 1030. The number of hydrogen-bond donors (Lipinski definition) is 0. The second-order valence-corrected chi connectivity index (χ2v) is 7.91. The molecule has 0 saturated carbocycles. The summed E-state index contributed by atoms with van der Waals surface area (Å²) in [6.45, 7) is 7.73. The largest absolute Gasteiger partial charge is 0.460 e. The first kappa shape index (κ1) is 21.3. The second-order valence-electron chi connectivity index (χ2n) is 7.91. The van der Waals surface area contributed by atoms with E-state index in [1.807, 2.05) is 51.1 Å². The number of ether oxygens (including phenoxy) is 1. The van der Waals surface area contributed by atoms with Crippen LogP contribution in [0.3, 0.4) is 0 Å². The Labute approximate surface area is 177 Å². The zero-order valence-corrected chi connectivity index (χ0v) is 17.8. The first-order chi connectivity index (χ1) is 14.3. The van der Waals surface area contributed by atoms with E-state index in [2.05, 4.69) is 6.07 Å². The zero-order chi connectivity index (χ0) is 21.8. The highest BCUT2D eigenvalue weighted by atomic mass is 16.5. The van der Waals surface area contributed by atoms with Crippen molar-refractivity contribution in [1.82, 2.24) is 4.90 Å². The fraction of sp³-hybridized carbons (Fsp3) is 0.320. The number of carbonyl (C=O) groups excluding carboxylic acids is 2. The topological polar surface area (TPSA) is 70.4 Å². The molecule has 2 aromatic rings. The van der Waals surface area contributed by atoms with Gasteiger partial charge in [0.15, 0.2) is 0 Å². The minimum Gasteiger partial charge on any atom is -0.460 e. The maximum Gasteiger partial charge on any atom is 0.336 e. The molecule has 0 spiro atoms. The molecule has 3 rings (SSSR count). The van der Waals surface area contributed by atoms with Crippen LogP contribution in [0.15, 0.2) is 59.8 Å². The zero-order valence-electron chi connectivity index (χ0n) is 17.8. The Balaban J connectivity index is 2.03. The van der Waals surface area contributed by atoms with Gasteiger partial charge in [0.1, 0.15) is 0 Å². The Kier molecular flexibility index (Phi) is 6.37. The molecule has 5 nitrogen and oxygen atoms in total. The van der Waals surface area contributed by atoms with Crippen molar-refractivity contribution in [2.75, 3.05) is 0 Å². The van der Waals surface area contributed by atoms with Crippen molar-refractivity contribution >= 4 is 11.9 Å². The maximum absolute atomic E-state index is 13.1. The van der Waals surface area contributed by atoms with E-state index in [-0.39, 0.29) is 24.3 Å². The lowest BCUT2D eigenvalue weighted by Gasteiger charge is -2.35. The molecule has 0 aromatic heterocycles. The van der Waals surface area contributed by atoms with Gasteiger partial charge in [-0.25, -0.2) is 4.79 Å². The molecule has 5 heteroatoms. The molecule has 1 atom stereocenters. The summed E-state index contributed by atoms with van der Waals surface area (Å²) in [7, 11) is 0. The van der Waals surface area contributed by atoms with Gasteiger partial charge in [-0.3, -0.25) is 4.79 Å². The molecule has 1 aliphatic rings. The fourth-order valence-corrected chi connectivity index (χ4v) is 3.75. The van der Waals surface area contributed by atoms with Crippen LogP contribution in [0, 0.1) is 18.3 Å². The molecule has 2 aromatic carbocycles. The number of carbonyl (C=O) groups is 2. The van der Waals surface area contributed by atoms with Gasteiger partial charge in [-0.15, -0.1) is 0 Å². The summed E-state index contributed by atoms with van der Waals surface area (Å²) < 4.78 is 5.53. The lowest BCUT2D eigenvalue weighted by molar-refractivity contribution is -0.143. The summed E-state index contributed by atoms with van der Waals surface area (Å²) >= 11 is 0. The Morgan fingerprint density at radius 3 is 2.53 bits per heavy atom. The summed E-state index contributed by atoms with van der Waals surface area (Å²) in [5, 5.41) is 9.15. The molecule has 1 aliphatic heterocycles. The third-order valence-electron chi connectivity index (χ3n) is 5.26. The molecule has 154 valence electrons. The van der Waals surface area contributed by atoms with E-state index in [9.17, 15) is 9.59 Å². The van der Waals surface area contributed by atoms with Crippen LogP contribution in [0.5, 0.6) is 0 Å². The van der Waals surface area contributed by atoms with Crippen LogP contribution < -0.4 is 0 Å². The van der Waals surface area contributed by atoms with Crippen LogP contribution in [0.2, 0.25) is 0 Å². The predicted molar refractivity (Wildman–Crippen MR) is 114 cm³/mol. The molecule has 0 unspecified atom stereocenters. The van der Waals surface area contributed by atoms with Gasteiger partial charge in [-0.05, 0) is 51.0 Å². The minimum atomic E-state index is -0.392. The normalized spacial score (nSPS) is 16.6. The van der Waals surface area contributed by atoms with Crippen LogP contribution in [0.4, 0.5) is 0 Å². The van der Waals surface area contributed by atoms with Crippen molar-refractivity contribution in [1.29, 1.82) is 5.26 Å². The summed E-state index contributed by atoms with van der Waals surface area (Å²) in [5.74, 6) is -0.788. The third-order valence-corrected chi connectivity index (χ3v) is 5.26. The fourth-order valence-electron chi connectivity index (χ4n) is 3.75. The van der Waals surface area contributed by atoms with Crippen LogP contribution in [0.1, 0.15) is 55.4 Å². The number of esters is 1. The third kappa shape index (κ3) is 4.60. The van der Waals surface area contributed by atoms with Gasteiger partial charge in [0.05, 0.1) is 29.9 Å². The molecule has 0 bridgehead atoms. The lowest BCUT2D eigenvalue weighted by Crippen LogP contribution is -2.38. The van der Waals surface area contributed by atoms with Crippen LogP contribution in [-0.2, 0) is 20.9 Å². The predicted octanol–water partition coefficient (Wildman–Crippen LogP) is 4.61. The molecule has 0 fully saturated rings. The van der Waals surface area contributed by atoms with E-state index in [1.54, 1.807) is 30.0 Å². The van der Waals surface area contributed by atoms with E-state index < -0.39 is 5.97 Å². The van der Waals surface area contributed by atoms with Gasteiger partial charge >= 0.3 is 5.97 Å². The number of hydrogen-bond acceptors (Lipinski definition) is 4. The molecule has 1 heterocycles. The number of benzene rings is 2. The molecule has 0 aliphatic carbocycles. The van der Waals surface area contributed by atoms with Crippen LogP contribution in [0.25, 0.3) is 0 Å². The first-order valence-corrected chi connectivity index (χ1v) is 10.1. The van der Waals surface area contributed by atoms with Gasteiger partial charge in [0, 0.05) is 18.0 Å². The number of aryl methyl sites for hydroxylation is 1. The van der Waals surface area contributed by atoms with Crippen molar-refractivity contribution < 1.29 is 14.3 Å². The molecule has 0 saturated heterocycles. The average molecular weight is 402 g/mol. The van der Waals surface area contributed by atoms with Crippen molar-refractivity contribution in [2.45, 2.75) is 52.7 Å². The SMILES string of the molecule is CC1=C(C(=O)OC(C)C)[C@@H](c2ccc(C)cc2)CC(=O)N1Cc1cccc(C#N)c1. The van der Waals surface area contributed by atoms with Crippen molar-refractivity contribution in [2.24, 2.45) is 0 Å². The van der Waals surface area contributed by atoms with Crippen molar-refractivity contribution in [3.8, 4) is 6.07 Å². The summed E-state index contributed by atoms with van der Waals surface area (Å²) in [4.78, 5) is 27.7. The molecular weight excluding hydrogens is 376 g/mol. The van der Waals surface area contributed by atoms with Gasteiger partial charge in [-0.2, -0.15) is 5.26 Å². The Hall–Kier alpha value is -3.39. The van der Waals surface area contributed by atoms with Gasteiger partial charge in [0.25, 0.3) is 0 Å². The van der Waals surface area contributed by atoms with E-state index >= 15 is 0 Å². The number of rotatable bonds is 5. The Morgan fingerprint density at radius 2 is 1.90 bits per heavy atom. The maximum atomic E-state index is 13.1. The highest BCUT2D eigenvalue weighted by Gasteiger charge is 2.37. The van der Waals surface area contributed by atoms with Gasteiger partial charge in [-0.1, -0.05) is 42.0 Å². The van der Waals surface area contributed by atoms with Crippen molar-refractivity contribution in [3.63, 3.8) is 0 Å². The van der Waals surface area contributed by atoms with E-state index in [0.29, 0.717) is 23.4 Å². The summed E-state index contributed by atoms with van der Waals surface area (Å²) in [6, 6.07) is 17.2. The number of allylic oxidation sites excluding steroid dienone is 1. The number of amides is 1. The molecule has 0 N–H and O–H groups in total. The Morgan fingerprint density at radius 1 is 1.20 bits per heavy atom. The van der Waals surface area contributed by atoms with E-state index in [0.717, 1.165) is 16.7 Å². The number of nitrogens with zero attached hydrogens (tertiary/aromatic N) is 2. The smallest absolute Gasteiger partial charge is 0.336 e. The summed E-state index contributed by atoms with van der Waals surface area (Å²) in [6.07, 6.45) is -0.0595. The number of nitriles is 1. The highest BCUT2D eigenvalue weighted by Crippen LogP contribution is 2.38. The highest BCUT2D eigenvalue weighted by molar-refractivity contribution is 5.96. The molecule has 0 radical (unpaired) electrons. The molecule has 1 amide bonds. The minimum absolute atomic E-state index is 0.0541. The second kappa shape index (κ2) is 8.96. The van der Waals surface area contributed by atoms with Crippen LogP contribution in [-0.4, -0.2) is 22.9 Å². The van der Waals surface area contributed by atoms with Gasteiger partial charge < -0.3 is 9.64 Å². The first-order valence-electron chi connectivity index (χ1n) is 10.1. The standard InChI is InChI=1S/C25H26N2O3/c1-16(2)30-25(29)24-18(4)27(15-20-7-5-6-19(12-20)14-26)23(28)13-22(24)21-10-8-17(3)9-11-21/h5-12,16,22H,13,15H2,1-4H3/t22-/m1/s1. The van der Waals surface area contributed by atoms with Crippen molar-refractivity contribution in [3.05, 3.63) is 82.1 Å². The average Bonchev–Trinajstić information content (AvgIpc) is 2.70. The van der Waals surface area contributed by atoms with E-state index in [4.69, 9.17) is 10.00 Å². The quantitative estimate of drug-likeness (QED) is 0.685. The summed E-state index contributed by atoms with van der Waals surface area (Å²) in [5.41, 5.74) is 4.54. The van der Waals surface area contributed by atoms with Crippen LogP contribution >= 0.6 is 0 Å². The monoisotopic (exact) mass is 402 g/mol. The molecule has 30 heavy (non-hydrogen) atoms. The molecular formula is C25H26N2O3.